The molecule has 0 fully saturated rings. The van der Waals surface area contributed by atoms with Crippen LogP contribution in [0.2, 0.25) is 0 Å². The normalized spacial score (nSPS) is 10.8. The van der Waals surface area contributed by atoms with Crippen molar-refractivity contribution in [3.8, 4) is 9.88 Å². The van der Waals surface area contributed by atoms with Gasteiger partial charge in [0.25, 0.3) is 5.91 Å². The van der Waals surface area contributed by atoms with Crippen LogP contribution in [0.5, 0.6) is 0 Å². The zero-order valence-corrected chi connectivity index (χ0v) is 14.1. The second-order valence-electron chi connectivity index (χ2n) is 4.70. The Morgan fingerprint density at radius 3 is 2.76 bits per heavy atom. The second-order valence-corrected chi connectivity index (χ2v) is 7.51. The van der Waals surface area contributed by atoms with Crippen LogP contribution in [0.25, 0.3) is 9.88 Å². The minimum Gasteiger partial charge on any atom is -0.335 e. The van der Waals surface area contributed by atoms with E-state index in [4.69, 9.17) is 0 Å². The summed E-state index contributed by atoms with van der Waals surface area (Å²) in [5.74, 6) is -0.0261. The van der Waals surface area contributed by atoms with Crippen LogP contribution in [-0.2, 0) is 6.54 Å². The molecule has 0 bridgehead atoms. The third-order valence-corrected chi connectivity index (χ3v) is 6.04. The number of aryl methyl sites for hydroxylation is 1. The average molecular weight is 334 g/mol. The average Bonchev–Trinajstić information content (AvgIpc) is 3.18. The van der Waals surface area contributed by atoms with Crippen molar-refractivity contribution in [2.45, 2.75) is 13.5 Å². The quantitative estimate of drug-likeness (QED) is 0.703. The summed E-state index contributed by atoms with van der Waals surface area (Å²) in [7, 11) is 1.83. The Balaban J connectivity index is 1.74. The Labute approximate surface area is 135 Å². The van der Waals surface area contributed by atoms with E-state index in [1.54, 1.807) is 27.6 Å². The van der Waals surface area contributed by atoms with Crippen LogP contribution in [0.1, 0.15) is 20.9 Å². The van der Waals surface area contributed by atoms with Crippen molar-refractivity contribution in [2.75, 3.05) is 7.05 Å². The Bertz CT molecular complexity index is 743. The molecule has 0 atom stereocenters. The first-order chi connectivity index (χ1) is 10.1. The fourth-order valence-corrected chi connectivity index (χ4v) is 4.50. The molecule has 0 saturated heterocycles. The number of nitrogens with zero attached hydrogens (tertiary/aromatic N) is 2. The van der Waals surface area contributed by atoms with E-state index in [0.29, 0.717) is 12.2 Å². The number of aromatic nitrogens is 1. The Hall–Kier alpha value is -1.50. The molecule has 0 unspecified atom stereocenters. The molecule has 21 heavy (non-hydrogen) atoms. The molecule has 0 radical (unpaired) electrons. The van der Waals surface area contributed by atoms with Crippen LogP contribution >= 0.6 is 34.0 Å². The van der Waals surface area contributed by atoms with Gasteiger partial charge in [0.1, 0.15) is 10.7 Å². The maximum absolute atomic E-state index is 12.4. The fraction of sp³-hybridized carbons (Fsp3) is 0.200. The van der Waals surface area contributed by atoms with Crippen LogP contribution in [0.4, 0.5) is 0 Å². The number of hydrogen-bond donors (Lipinski definition) is 0. The van der Waals surface area contributed by atoms with Gasteiger partial charge >= 0.3 is 0 Å². The molecule has 3 aromatic rings. The highest BCUT2D eigenvalue weighted by atomic mass is 32.1. The van der Waals surface area contributed by atoms with E-state index in [1.807, 2.05) is 29.9 Å². The Kier molecular flexibility index (Phi) is 4.19. The van der Waals surface area contributed by atoms with Gasteiger partial charge in [0.2, 0.25) is 0 Å². The van der Waals surface area contributed by atoms with Gasteiger partial charge in [-0.1, -0.05) is 6.07 Å². The molecule has 3 heterocycles. The molecule has 3 nitrogen and oxygen atoms in total. The smallest absolute Gasteiger partial charge is 0.273 e. The van der Waals surface area contributed by atoms with Crippen LogP contribution in [0.15, 0.2) is 34.3 Å². The molecule has 0 aliphatic heterocycles. The fourth-order valence-electron chi connectivity index (χ4n) is 1.93. The van der Waals surface area contributed by atoms with Crippen molar-refractivity contribution in [3.05, 3.63) is 50.5 Å². The van der Waals surface area contributed by atoms with Crippen molar-refractivity contribution >= 4 is 39.9 Å². The summed E-state index contributed by atoms with van der Waals surface area (Å²) in [4.78, 5) is 21.0. The lowest BCUT2D eigenvalue weighted by Gasteiger charge is -2.15. The molecule has 3 rings (SSSR count). The summed E-state index contributed by atoms with van der Waals surface area (Å²) in [6.45, 7) is 2.70. The van der Waals surface area contributed by atoms with Gasteiger partial charge in [0.05, 0.1) is 11.4 Å². The SMILES string of the molecule is Cc1ccsc1CN(C)C(=O)c1csc(-c2cccs2)n1. The maximum Gasteiger partial charge on any atom is 0.273 e. The summed E-state index contributed by atoms with van der Waals surface area (Å²) in [6.07, 6.45) is 0. The van der Waals surface area contributed by atoms with E-state index in [9.17, 15) is 4.79 Å². The van der Waals surface area contributed by atoms with E-state index < -0.39 is 0 Å². The van der Waals surface area contributed by atoms with Crippen molar-refractivity contribution in [3.63, 3.8) is 0 Å². The molecule has 1 amide bonds. The molecule has 108 valence electrons. The molecule has 0 spiro atoms. The van der Waals surface area contributed by atoms with E-state index in [0.717, 1.165) is 9.88 Å². The van der Waals surface area contributed by atoms with Crippen LogP contribution in [-0.4, -0.2) is 22.8 Å². The lowest BCUT2D eigenvalue weighted by atomic mass is 10.3. The van der Waals surface area contributed by atoms with Crippen molar-refractivity contribution in [1.29, 1.82) is 0 Å². The van der Waals surface area contributed by atoms with Gasteiger partial charge in [-0.25, -0.2) is 4.98 Å². The van der Waals surface area contributed by atoms with Gasteiger partial charge in [-0.2, -0.15) is 0 Å². The van der Waals surface area contributed by atoms with Crippen molar-refractivity contribution in [2.24, 2.45) is 0 Å². The zero-order chi connectivity index (χ0) is 14.8. The molecule has 6 heteroatoms. The minimum atomic E-state index is -0.0261. The highest BCUT2D eigenvalue weighted by Crippen LogP contribution is 2.28. The molecule has 3 aromatic heterocycles. The standard InChI is InChI=1S/C15H14N2OS3/c1-10-5-7-20-13(10)8-17(2)15(18)11-9-21-14(16-11)12-4-3-6-19-12/h3-7,9H,8H2,1-2H3. The molecule has 0 aliphatic carbocycles. The summed E-state index contributed by atoms with van der Waals surface area (Å²) in [5.41, 5.74) is 1.76. The van der Waals surface area contributed by atoms with Gasteiger partial charge in [0, 0.05) is 17.3 Å². The predicted octanol–water partition coefficient (Wildman–Crippen LogP) is 4.51. The minimum absolute atomic E-state index is 0.0261. The number of hydrogen-bond acceptors (Lipinski definition) is 5. The zero-order valence-electron chi connectivity index (χ0n) is 11.7. The first-order valence-corrected chi connectivity index (χ1v) is 9.07. The number of thiophene rings is 2. The van der Waals surface area contributed by atoms with E-state index in [2.05, 4.69) is 23.4 Å². The maximum atomic E-state index is 12.4. The highest BCUT2D eigenvalue weighted by Gasteiger charge is 2.17. The van der Waals surface area contributed by atoms with Crippen LogP contribution < -0.4 is 0 Å². The molecule has 0 N–H and O–H groups in total. The molecule has 0 aliphatic rings. The molecular formula is C15H14N2OS3. The monoisotopic (exact) mass is 334 g/mol. The summed E-state index contributed by atoms with van der Waals surface area (Å²) in [5, 5.41) is 6.83. The predicted molar refractivity (Wildman–Crippen MR) is 90.3 cm³/mol. The summed E-state index contributed by atoms with van der Waals surface area (Å²) >= 11 is 4.84. The third-order valence-electron chi connectivity index (χ3n) is 3.15. The third kappa shape index (κ3) is 3.07. The first kappa shape index (κ1) is 14.4. The second kappa shape index (κ2) is 6.09. The van der Waals surface area contributed by atoms with Gasteiger partial charge in [0.15, 0.2) is 0 Å². The Morgan fingerprint density at radius 2 is 2.10 bits per heavy atom. The number of rotatable bonds is 4. The van der Waals surface area contributed by atoms with E-state index >= 15 is 0 Å². The topological polar surface area (TPSA) is 33.2 Å². The number of thiazole rings is 1. The van der Waals surface area contributed by atoms with Crippen molar-refractivity contribution in [1.82, 2.24) is 9.88 Å². The molecule has 0 saturated carbocycles. The van der Waals surface area contributed by atoms with Gasteiger partial charge in [-0.3, -0.25) is 4.79 Å². The number of carbonyl (C=O) groups is 1. The molecular weight excluding hydrogens is 320 g/mol. The Morgan fingerprint density at radius 1 is 1.24 bits per heavy atom. The van der Waals surface area contributed by atoms with Gasteiger partial charge < -0.3 is 4.90 Å². The lowest BCUT2D eigenvalue weighted by molar-refractivity contribution is 0.0781. The van der Waals surface area contributed by atoms with Crippen LogP contribution in [0.3, 0.4) is 0 Å². The van der Waals surface area contributed by atoms with E-state index in [-0.39, 0.29) is 5.91 Å². The van der Waals surface area contributed by atoms with Gasteiger partial charge in [-0.15, -0.1) is 34.0 Å². The molecule has 0 aromatic carbocycles. The van der Waals surface area contributed by atoms with Gasteiger partial charge in [-0.05, 0) is 35.4 Å². The lowest BCUT2D eigenvalue weighted by Crippen LogP contribution is -2.26. The largest absolute Gasteiger partial charge is 0.335 e. The van der Waals surface area contributed by atoms with Crippen LogP contribution in [0, 0.1) is 6.92 Å². The highest BCUT2D eigenvalue weighted by molar-refractivity contribution is 7.20. The number of amides is 1. The van der Waals surface area contributed by atoms with E-state index in [1.165, 1.54) is 21.8 Å². The number of carbonyl (C=O) groups excluding carboxylic acids is 1. The van der Waals surface area contributed by atoms with Crippen molar-refractivity contribution < 1.29 is 4.79 Å². The summed E-state index contributed by atoms with van der Waals surface area (Å²) < 4.78 is 0. The summed E-state index contributed by atoms with van der Waals surface area (Å²) in [6, 6.07) is 6.10. The first-order valence-electron chi connectivity index (χ1n) is 6.43.